The van der Waals surface area contributed by atoms with Crippen molar-refractivity contribution in [2.24, 2.45) is 5.10 Å². The van der Waals surface area contributed by atoms with Gasteiger partial charge in [-0.1, -0.05) is 18.2 Å². The number of nitrogens with one attached hydrogen (secondary N) is 1. The number of ether oxygens (including phenoxy) is 3. The summed E-state index contributed by atoms with van der Waals surface area (Å²) in [6.07, 6.45) is 1.56. The lowest BCUT2D eigenvalue weighted by Crippen LogP contribution is -2.19. The lowest BCUT2D eigenvalue weighted by molar-refractivity contribution is -0.120. The SMILES string of the molecule is CCOC(=O)c1cccc(-c2ccc(/C=N\NC(=O)Cc3ccc4c(c3)OCO4)o2)c1. The highest BCUT2D eigenvalue weighted by Crippen LogP contribution is 2.32. The van der Waals surface area contributed by atoms with Gasteiger partial charge in [0.2, 0.25) is 12.7 Å². The second-order valence-electron chi connectivity index (χ2n) is 6.66. The zero-order valence-corrected chi connectivity index (χ0v) is 16.8. The smallest absolute Gasteiger partial charge is 0.338 e. The van der Waals surface area contributed by atoms with E-state index in [0.29, 0.717) is 35.2 Å². The van der Waals surface area contributed by atoms with Crippen LogP contribution in [-0.4, -0.2) is 31.5 Å². The number of furan rings is 1. The maximum atomic E-state index is 12.1. The molecule has 0 aliphatic carbocycles. The summed E-state index contributed by atoms with van der Waals surface area (Å²) in [6.45, 7) is 2.26. The van der Waals surface area contributed by atoms with Crippen LogP contribution in [0.15, 0.2) is 64.1 Å². The second kappa shape index (κ2) is 9.17. The Hall–Kier alpha value is -4.07. The fourth-order valence-corrected chi connectivity index (χ4v) is 3.03. The minimum absolute atomic E-state index is 0.151. The first-order valence-corrected chi connectivity index (χ1v) is 9.70. The van der Waals surface area contributed by atoms with E-state index in [1.165, 1.54) is 6.21 Å². The number of benzene rings is 2. The summed E-state index contributed by atoms with van der Waals surface area (Å²) in [6, 6.07) is 15.8. The van der Waals surface area contributed by atoms with Crippen molar-refractivity contribution in [1.29, 1.82) is 0 Å². The summed E-state index contributed by atoms with van der Waals surface area (Å²) in [5.41, 5.74) is 4.44. The van der Waals surface area contributed by atoms with Gasteiger partial charge in [0.15, 0.2) is 11.5 Å². The molecule has 158 valence electrons. The van der Waals surface area contributed by atoms with Crippen molar-refractivity contribution in [3.05, 3.63) is 71.5 Å². The minimum atomic E-state index is -0.386. The summed E-state index contributed by atoms with van der Waals surface area (Å²) in [4.78, 5) is 24.0. The lowest BCUT2D eigenvalue weighted by atomic mass is 10.1. The quantitative estimate of drug-likeness (QED) is 0.357. The van der Waals surface area contributed by atoms with Gasteiger partial charge in [0.25, 0.3) is 0 Å². The molecular weight excluding hydrogens is 400 g/mol. The number of hydrogen-bond acceptors (Lipinski definition) is 7. The van der Waals surface area contributed by atoms with Gasteiger partial charge in [-0.25, -0.2) is 10.2 Å². The summed E-state index contributed by atoms with van der Waals surface area (Å²) in [5.74, 6) is 1.67. The Morgan fingerprint density at radius 2 is 1.97 bits per heavy atom. The molecule has 31 heavy (non-hydrogen) atoms. The molecule has 8 nitrogen and oxygen atoms in total. The van der Waals surface area contributed by atoms with Gasteiger partial charge in [-0.3, -0.25) is 4.79 Å². The van der Waals surface area contributed by atoms with Crippen LogP contribution in [0.5, 0.6) is 11.5 Å². The molecule has 0 unspecified atom stereocenters. The molecule has 4 rings (SSSR count). The van der Waals surface area contributed by atoms with Crippen molar-refractivity contribution in [3.8, 4) is 22.8 Å². The molecule has 1 amide bonds. The normalized spacial score (nSPS) is 12.2. The lowest BCUT2D eigenvalue weighted by Gasteiger charge is -2.03. The molecule has 0 atom stereocenters. The molecule has 0 radical (unpaired) electrons. The van der Waals surface area contributed by atoms with Gasteiger partial charge in [-0.2, -0.15) is 5.10 Å². The zero-order valence-electron chi connectivity index (χ0n) is 16.8. The molecule has 1 N–H and O–H groups in total. The Kier molecular flexibility index (Phi) is 5.98. The predicted molar refractivity (Wildman–Crippen MR) is 112 cm³/mol. The van der Waals surface area contributed by atoms with E-state index < -0.39 is 0 Å². The Morgan fingerprint density at radius 3 is 2.84 bits per heavy atom. The molecule has 0 saturated heterocycles. The Labute approximate surface area is 178 Å². The van der Waals surface area contributed by atoms with E-state index in [1.807, 2.05) is 6.07 Å². The van der Waals surface area contributed by atoms with Gasteiger partial charge in [0.1, 0.15) is 11.5 Å². The third-order valence-corrected chi connectivity index (χ3v) is 4.47. The van der Waals surface area contributed by atoms with Crippen LogP contribution in [0.4, 0.5) is 0 Å². The van der Waals surface area contributed by atoms with Gasteiger partial charge >= 0.3 is 5.97 Å². The highest BCUT2D eigenvalue weighted by atomic mass is 16.7. The van der Waals surface area contributed by atoms with Crippen LogP contribution >= 0.6 is 0 Å². The number of fused-ring (bicyclic) bond motifs is 1. The molecule has 1 aromatic heterocycles. The van der Waals surface area contributed by atoms with Crippen molar-refractivity contribution in [3.63, 3.8) is 0 Å². The van der Waals surface area contributed by atoms with Crippen LogP contribution in [0.25, 0.3) is 11.3 Å². The van der Waals surface area contributed by atoms with Crippen molar-refractivity contribution in [2.75, 3.05) is 13.4 Å². The molecule has 8 heteroatoms. The minimum Gasteiger partial charge on any atom is -0.462 e. The number of carbonyl (C=O) groups excluding carboxylic acids is 2. The molecule has 1 aliphatic rings. The van der Waals surface area contributed by atoms with Crippen LogP contribution in [0.3, 0.4) is 0 Å². The maximum Gasteiger partial charge on any atom is 0.338 e. The van der Waals surface area contributed by atoms with Crippen LogP contribution in [-0.2, 0) is 16.0 Å². The number of amides is 1. The first-order chi connectivity index (χ1) is 15.1. The number of rotatable bonds is 7. The molecular formula is C23H20N2O6. The van der Waals surface area contributed by atoms with Gasteiger partial charge in [-0.15, -0.1) is 0 Å². The summed E-state index contributed by atoms with van der Waals surface area (Å²) in [5, 5.41) is 3.94. The molecule has 0 spiro atoms. The molecule has 2 aromatic carbocycles. The summed E-state index contributed by atoms with van der Waals surface area (Å²) >= 11 is 0. The van der Waals surface area contributed by atoms with E-state index in [9.17, 15) is 9.59 Å². The first-order valence-electron chi connectivity index (χ1n) is 9.70. The van der Waals surface area contributed by atoms with Crippen molar-refractivity contribution in [2.45, 2.75) is 13.3 Å². The zero-order chi connectivity index (χ0) is 21.6. The van der Waals surface area contributed by atoms with Gasteiger partial charge in [0, 0.05) is 5.56 Å². The van der Waals surface area contributed by atoms with E-state index in [2.05, 4.69) is 10.5 Å². The second-order valence-corrected chi connectivity index (χ2v) is 6.66. The van der Waals surface area contributed by atoms with Crippen LogP contribution < -0.4 is 14.9 Å². The first kappa shape index (κ1) is 20.2. The summed E-state index contributed by atoms with van der Waals surface area (Å²) < 4.78 is 21.3. The Bertz CT molecular complexity index is 1130. The van der Waals surface area contributed by atoms with Crippen LogP contribution in [0.1, 0.15) is 28.6 Å². The monoisotopic (exact) mass is 420 g/mol. The average molecular weight is 420 g/mol. The van der Waals surface area contributed by atoms with Crippen LogP contribution in [0.2, 0.25) is 0 Å². The third-order valence-electron chi connectivity index (χ3n) is 4.47. The van der Waals surface area contributed by atoms with E-state index in [1.54, 1.807) is 55.5 Å². The number of carbonyl (C=O) groups is 2. The average Bonchev–Trinajstić information content (AvgIpc) is 3.43. The molecule has 0 fully saturated rings. The topological polar surface area (TPSA) is 99.4 Å². The number of esters is 1. The van der Waals surface area contributed by atoms with Gasteiger partial charge in [0.05, 0.1) is 24.8 Å². The molecule has 0 bridgehead atoms. The predicted octanol–water partition coefficient (Wildman–Crippen LogP) is 3.54. The fourth-order valence-electron chi connectivity index (χ4n) is 3.03. The number of nitrogens with zero attached hydrogens (tertiary/aromatic N) is 1. The van der Waals surface area contributed by atoms with Crippen molar-refractivity contribution < 1.29 is 28.2 Å². The van der Waals surface area contributed by atoms with Crippen molar-refractivity contribution >= 4 is 18.1 Å². The van der Waals surface area contributed by atoms with Gasteiger partial charge in [-0.05, 0) is 48.9 Å². The molecule has 2 heterocycles. The van der Waals surface area contributed by atoms with E-state index >= 15 is 0 Å². The highest BCUT2D eigenvalue weighted by Gasteiger charge is 2.14. The maximum absolute atomic E-state index is 12.1. The van der Waals surface area contributed by atoms with Crippen LogP contribution in [0, 0.1) is 0 Å². The van der Waals surface area contributed by atoms with E-state index in [0.717, 1.165) is 11.1 Å². The van der Waals surface area contributed by atoms with Gasteiger partial charge < -0.3 is 18.6 Å². The molecule has 1 aliphatic heterocycles. The number of hydrogen-bond donors (Lipinski definition) is 1. The Balaban J connectivity index is 1.35. The largest absolute Gasteiger partial charge is 0.462 e. The Morgan fingerprint density at radius 1 is 1.10 bits per heavy atom. The number of hydrazone groups is 1. The fraction of sp³-hybridized carbons (Fsp3) is 0.174. The highest BCUT2D eigenvalue weighted by molar-refractivity contribution is 5.91. The van der Waals surface area contributed by atoms with E-state index in [4.69, 9.17) is 18.6 Å². The third kappa shape index (κ3) is 4.92. The standard InChI is InChI=1S/C23H20N2O6/c1-2-28-23(27)17-5-3-4-16(12-17)19-9-7-18(31-19)13-24-25-22(26)11-15-6-8-20-21(10-15)30-14-29-20/h3-10,12-13H,2,11,14H2,1H3,(H,25,26)/b24-13-. The molecule has 3 aromatic rings. The van der Waals surface area contributed by atoms with E-state index in [-0.39, 0.29) is 25.1 Å². The van der Waals surface area contributed by atoms with Crippen molar-refractivity contribution in [1.82, 2.24) is 5.43 Å². The summed E-state index contributed by atoms with van der Waals surface area (Å²) in [7, 11) is 0. The molecule has 0 saturated carbocycles.